The number of aromatic nitrogens is 2. The maximum atomic E-state index is 11.4. The van der Waals surface area contributed by atoms with Crippen molar-refractivity contribution in [3.05, 3.63) is 60.4 Å². The van der Waals surface area contributed by atoms with Gasteiger partial charge in [-0.2, -0.15) is 5.10 Å². The Labute approximate surface area is 115 Å². The molecule has 1 aromatic heterocycles. The lowest BCUT2D eigenvalue weighted by atomic mass is 10.2. The lowest BCUT2D eigenvalue weighted by Crippen LogP contribution is -2.08. The zero-order chi connectivity index (χ0) is 14.4. The molecule has 0 unspecified atom stereocenters. The molecule has 102 valence electrons. The lowest BCUT2D eigenvalue weighted by Gasteiger charge is -2.05. The number of carbonyl (C=O) groups is 2. The minimum absolute atomic E-state index is 0.479. The van der Waals surface area contributed by atoms with Gasteiger partial charge in [-0.25, -0.2) is 4.79 Å². The van der Waals surface area contributed by atoms with Gasteiger partial charge in [0.15, 0.2) is 0 Å². The maximum absolute atomic E-state index is 11.4. The Morgan fingerprint density at radius 3 is 2.60 bits per heavy atom. The van der Waals surface area contributed by atoms with Crippen LogP contribution in [0.25, 0.3) is 0 Å². The molecule has 1 aromatic carbocycles. The highest BCUT2D eigenvalue weighted by Gasteiger charge is 2.00. The molecule has 1 heterocycles. The van der Waals surface area contributed by atoms with Gasteiger partial charge in [-0.05, 0) is 23.8 Å². The van der Waals surface area contributed by atoms with Gasteiger partial charge >= 0.3 is 5.97 Å². The number of nitrogens with zero attached hydrogens (tertiary/aromatic N) is 2. The molecule has 6 heteroatoms. The van der Waals surface area contributed by atoms with E-state index in [0.717, 1.165) is 17.7 Å². The molecule has 0 fully saturated rings. The van der Waals surface area contributed by atoms with E-state index in [9.17, 15) is 9.59 Å². The van der Waals surface area contributed by atoms with Crippen LogP contribution in [0.2, 0.25) is 0 Å². The van der Waals surface area contributed by atoms with Crippen LogP contribution >= 0.6 is 0 Å². The van der Waals surface area contributed by atoms with E-state index in [1.807, 2.05) is 24.4 Å². The number of benzene rings is 1. The summed E-state index contributed by atoms with van der Waals surface area (Å²) in [6.07, 6.45) is 5.34. The minimum atomic E-state index is -1.16. The van der Waals surface area contributed by atoms with Gasteiger partial charge in [0.05, 0.1) is 6.54 Å². The Balaban J connectivity index is 1.94. The molecule has 0 aliphatic rings. The molecule has 2 rings (SSSR count). The van der Waals surface area contributed by atoms with Crippen molar-refractivity contribution in [2.45, 2.75) is 6.54 Å². The van der Waals surface area contributed by atoms with E-state index in [1.54, 1.807) is 23.0 Å². The summed E-state index contributed by atoms with van der Waals surface area (Å²) in [6.45, 7) is 0.653. The molecule has 6 nitrogen and oxygen atoms in total. The normalized spacial score (nSPS) is 10.6. The Morgan fingerprint density at radius 1 is 1.25 bits per heavy atom. The smallest absolute Gasteiger partial charge is 0.328 e. The number of nitrogens with one attached hydrogen (secondary N) is 1. The van der Waals surface area contributed by atoms with E-state index >= 15 is 0 Å². The fraction of sp³-hybridized carbons (Fsp3) is 0.0714. The highest BCUT2D eigenvalue weighted by atomic mass is 16.4. The van der Waals surface area contributed by atoms with E-state index in [0.29, 0.717) is 12.2 Å². The maximum Gasteiger partial charge on any atom is 0.328 e. The SMILES string of the molecule is O=C(O)/C=C/C(=O)Nc1ccc(Cn2cccn2)cc1. The Hall–Kier alpha value is -2.89. The first-order valence-electron chi connectivity index (χ1n) is 5.92. The quantitative estimate of drug-likeness (QED) is 0.807. The minimum Gasteiger partial charge on any atom is -0.478 e. The molecule has 0 aliphatic carbocycles. The summed E-state index contributed by atoms with van der Waals surface area (Å²) in [7, 11) is 0. The number of carboxylic acid groups (broad SMARTS) is 1. The third-order valence-electron chi connectivity index (χ3n) is 2.50. The van der Waals surface area contributed by atoms with Crippen LogP contribution in [0.1, 0.15) is 5.56 Å². The number of anilines is 1. The first-order chi connectivity index (χ1) is 9.63. The van der Waals surface area contributed by atoms with Crippen molar-refractivity contribution >= 4 is 17.6 Å². The average Bonchev–Trinajstić information content (AvgIpc) is 2.92. The molecule has 0 atom stereocenters. The second-order valence-electron chi connectivity index (χ2n) is 4.06. The third kappa shape index (κ3) is 4.09. The molecule has 0 aliphatic heterocycles. The van der Waals surface area contributed by atoms with Crippen molar-refractivity contribution < 1.29 is 14.7 Å². The van der Waals surface area contributed by atoms with Crippen molar-refractivity contribution in [1.29, 1.82) is 0 Å². The number of hydrogen-bond donors (Lipinski definition) is 2. The molecule has 0 bridgehead atoms. The Bertz CT molecular complexity index is 616. The van der Waals surface area contributed by atoms with Gasteiger partial charge in [0.25, 0.3) is 0 Å². The van der Waals surface area contributed by atoms with Crippen LogP contribution in [0.3, 0.4) is 0 Å². The average molecular weight is 271 g/mol. The molecular weight excluding hydrogens is 258 g/mol. The fourth-order valence-corrected chi connectivity index (χ4v) is 1.61. The molecule has 0 radical (unpaired) electrons. The molecule has 2 aromatic rings. The molecular formula is C14H13N3O3. The van der Waals surface area contributed by atoms with Crippen LogP contribution in [0.15, 0.2) is 54.9 Å². The first-order valence-corrected chi connectivity index (χ1v) is 5.92. The van der Waals surface area contributed by atoms with Gasteiger partial charge in [-0.1, -0.05) is 12.1 Å². The van der Waals surface area contributed by atoms with E-state index in [1.165, 1.54) is 0 Å². The van der Waals surface area contributed by atoms with Crippen molar-refractivity contribution in [3.63, 3.8) is 0 Å². The van der Waals surface area contributed by atoms with Crippen molar-refractivity contribution in [2.75, 3.05) is 5.32 Å². The Morgan fingerprint density at radius 2 is 2.00 bits per heavy atom. The van der Waals surface area contributed by atoms with Gasteiger partial charge in [0.1, 0.15) is 0 Å². The highest BCUT2D eigenvalue weighted by Crippen LogP contribution is 2.10. The second-order valence-corrected chi connectivity index (χ2v) is 4.06. The van der Waals surface area contributed by atoms with E-state index in [4.69, 9.17) is 5.11 Å². The zero-order valence-electron chi connectivity index (χ0n) is 10.6. The number of hydrogen-bond acceptors (Lipinski definition) is 3. The van der Waals surface area contributed by atoms with Crippen LogP contribution in [-0.4, -0.2) is 26.8 Å². The van der Waals surface area contributed by atoms with E-state index in [2.05, 4.69) is 10.4 Å². The topological polar surface area (TPSA) is 84.2 Å². The predicted molar refractivity (Wildman–Crippen MR) is 73.2 cm³/mol. The van der Waals surface area contributed by atoms with E-state index < -0.39 is 11.9 Å². The summed E-state index contributed by atoms with van der Waals surface area (Å²) in [4.78, 5) is 21.7. The summed E-state index contributed by atoms with van der Waals surface area (Å²) in [5, 5.41) is 15.1. The zero-order valence-corrected chi connectivity index (χ0v) is 10.6. The lowest BCUT2D eigenvalue weighted by molar-refractivity contribution is -0.131. The Kier molecular flexibility index (Phi) is 4.28. The van der Waals surface area contributed by atoms with Gasteiger partial charge < -0.3 is 10.4 Å². The van der Waals surface area contributed by atoms with Crippen LogP contribution in [0.4, 0.5) is 5.69 Å². The molecule has 20 heavy (non-hydrogen) atoms. The van der Waals surface area contributed by atoms with Crippen LogP contribution < -0.4 is 5.32 Å². The number of rotatable bonds is 5. The number of carbonyl (C=O) groups excluding carboxylic acids is 1. The number of aliphatic carboxylic acids is 1. The van der Waals surface area contributed by atoms with Gasteiger partial charge in [-0.3, -0.25) is 9.48 Å². The predicted octanol–water partition coefficient (Wildman–Crippen LogP) is 1.51. The summed E-state index contributed by atoms with van der Waals surface area (Å²) >= 11 is 0. The highest BCUT2D eigenvalue weighted by molar-refractivity contribution is 6.02. The monoisotopic (exact) mass is 271 g/mol. The van der Waals surface area contributed by atoms with Crippen molar-refractivity contribution in [1.82, 2.24) is 9.78 Å². The third-order valence-corrected chi connectivity index (χ3v) is 2.50. The molecule has 2 N–H and O–H groups in total. The van der Waals surface area contributed by atoms with Crippen molar-refractivity contribution in [2.24, 2.45) is 0 Å². The summed E-state index contributed by atoms with van der Waals surface area (Å²) in [5.74, 6) is -1.64. The van der Waals surface area contributed by atoms with Crippen LogP contribution in [0, 0.1) is 0 Å². The second kappa shape index (κ2) is 6.33. The summed E-state index contributed by atoms with van der Waals surface area (Å²) in [5.41, 5.74) is 1.65. The summed E-state index contributed by atoms with van der Waals surface area (Å²) in [6, 6.07) is 9.11. The molecule has 0 saturated carbocycles. The van der Waals surface area contributed by atoms with Crippen LogP contribution in [-0.2, 0) is 16.1 Å². The molecule has 0 saturated heterocycles. The fourth-order valence-electron chi connectivity index (χ4n) is 1.61. The van der Waals surface area contributed by atoms with E-state index in [-0.39, 0.29) is 0 Å². The van der Waals surface area contributed by atoms with Crippen molar-refractivity contribution in [3.8, 4) is 0 Å². The van der Waals surface area contributed by atoms with Gasteiger partial charge in [0.2, 0.25) is 5.91 Å². The number of amides is 1. The molecule has 1 amide bonds. The van der Waals surface area contributed by atoms with Crippen LogP contribution in [0.5, 0.6) is 0 Å². The first kappa shape index (κ1) is 13.5. The largest absolute Gasteiger partial charge is 0.478 e. The van der Waals surface area contributed by atoms with Gasteiger partial charge in [-0.15, -0.1) is 0 Å². The summed E-state index contributed by atoms with van der Waals surface area (Å²) < 4.78 is 1.79. The standard InChI is InChI=1S/C14H13N3O3/c18-13(6-7-14(19)20)16-12-4-2-11(3-5-12)10-17-9-1-8-15-17/h1-9H,10H2,(H,16,18)(H,19,20)/b7-6+. The molecule has 0 spiro atoms. The van der Waals surface area contributed by atoms with Gasteiger partial charge in [0, 0.05) is 30.2 Å². The number of carboxylic acids is 1.